The van der Waals surface area contributed by atoms with Crippen molar-refractivity contribution in [1.82, 2.24) is 14.7 Å². The first-order chi connectivity index (χ1) is 12.1. The number of carboxylic acid groups (broad SMARTS) is 1. The first-order valence-electron chi connectivity index (χ1n) is 8.28. The lowest BCUT2D eigenvalue weighted by Crippen LogP contribution is -2.35. The molecule has 1 aromatic heterocycles. The van der Waals surface area contributed by atoms with Gasteiger partial charge in [0.15, 0.2) is 0 Å². The maximum Gasteiger partial charge on any atom is 0.321 e. The highest BCUT2D eigenvalue weighted by atomic mass is 16.4. The van der Waals surface area contributed by atoms with E-state index in [-0.39, 0.29) is 6.42 Å². The third-order valence-corrected chi connectivity index (χ3v) is 4.69. The average Bonchev–Trinajstić information content (AvgIpc) is 3.21. The Bertz CT molecular complexity index is 921. The smallest absolute Gasteiger partial charge is 0.321 e. The van der Waals surface area contributed by atoms with E-state index >= 15 is 0 Å². The number of benzene rings is 2. The summed E-state index contributed by atoms with van der Waals surface area (Å²) in [5.41, 5.74) is 1.88. The van der Waals surface area contributed by atoms with Crippen molar-refractivity contribution in [2.45, 2.75) is 25.1 Å². The Labute approximate surface area is 144 Å². The van der Waals surface area contributed by atoms with Gasteiger partial charge in [-0.25, -0.2) is 4.68 Å². The molecular formula is C19H19N3O3. The Balaban J connectivity index is 1.56. The number of aliphatic carboxylic acids is 1. The molecule has 2 aromatic carbocycles. The van der Waals surface area contributed by atoms with Crippen molar-refractivity contribution in [2.24, 2.45) is 0 Å². The highest BCUT2D eigenvalue weighted by Crippen LogP contribution is 2.22. The summed E-state index contributed by atoms with van der Waals surface area (Å²) in [7, 11) is 0. The van der Waals surface area contributed by atoms with Gasteiger partial charge < -0.3 is 10.2 Å². The van der Waals surface area contributed by atoms with Crippen molar-refractivity contribution in [3.05, 3.63) is 60.4 Å². The van der Waals surface area contributed by atoms with Gasteiger partial charge in [0.25, 0.3) is 0 Å². The molecule has 2 N–H and O–H groups in total. The van der Waals surface area contributed by atoms with Crippen LogP contribution in [0.2, 0.25) is 0 Å². The van der Waals surface area contributed by atoms with E-state index in [1.54, 1.807) is 15.8 Å². The van der Waals surface area contributed by atoms with Crippen LogP contribution in [0, 0.1) is 0 Å². The van der Waals surface area contributed by atoms with E-state index in [0.717, 1.165) is 16.6 Å². The van der Waals surface area contributed by atoms with Crippen molar-refractivity contribution < 1.29 is 15.0 Å². The lowest BCUT2D eigenvalue weighted by Gasteiger charge is -2.19. The quantitative estimate of drug-likeness (QED) is 0.762. The summed E-state index contributed by atoms with van der Waals surface area (Å²) in [6.07, 6.45) is 3.34. The Morgan fingerprint density at radius 3 is 2.80 bits per heavy atom. The molecule has 0 amide bonds. The summed E-state index contributed by atoms with van der Waals surface area (Å²) in [5, 5.41) is 25.8. The van der Waals surface area contributed by atoms with Crippen LogP contribution in [0.1, 0.15) is 12.0 Å². The second-order valence-electron chi connectivity index (χ2n) is 6.50. The molecule has 4 rings (SSSR count). The predicted octanol–water partition coefficient (Wildman–Crippen LogP) is 2.05. The van der Waals surface area contributed by atoms with Gasteiger partial charge in [-0.15, -0.1) is 0 Å². The Kier molecular flexibility index (Phi) is 3.99. The predicted molar refractivity (Wildman–Crippen MR) is 93.5 cm³/mol. The van der Waals surface area contributed by atoms with Crippen molar-refractivity contribution in [2.75, 3.05) is 6.54 Å². The molecule has 0 bridgehead atoms. The number of likely N-dealkylation sites (tertiary alicyclic amines) is 1. The van der Waals surface area contributed by atoms with E-state index in [1.165, 1.54) is 5.39 Å². The van der Waals surface area contributed by atoms with E-state index in [0.29, 0.717) is 13.1 Å². The summed E-state index contributed by atoms with van der Waals surface area (Å²) in [5.74, 6) is -0.890. The normalized spacial score (nSPS) is 21.0. The van der Waals surface area contributed by atoms with Crippen LogP contribution in [0.5, 0.6) is 0 Å². The molecule has 0 spiro atoms. The minimum absolute atomic E-state index is 0.272. The van der Waals surface area contributed by atoms with Crippen LogP contribution >= 0.6 is 0 Å². The molecule has 2 heterocycles. The topological polar surface area (TPSA) is 78.6 Å². The van der Waals surface area contributed by atoms with Crippen LogP contribution in [-0.4, -0.2) is 49.6 Å². The second kappa shape index (κ2) is 6.31. The van der Waals surface area contributed by atoms with Crippen molar-refractivity contribution in [1.29, 1.82) is 0 Å². The molecule has 0 saturated carbocycles. The molecule has 1 saturated heterocycles. The van der Waals surface area contributed by atoms with Gasteiger partial charge in [-0.1, -0.05) is 30.3 Å². The molecule has 1 fully saturated rings. The third-order valence-electron chi connectivity index (χ3n) is 4.69. The highest BCUT2D eigenvalue weighted by molar-refractivity contribution is 5.84. The lowest BCUT2D eigenvalue weighted by atomic mass is 10.1. The van der Waals surface area contributed by atoms with Gasteiger partial charge in [0, 0.05) is 31.3 Å². The maximum absolute atomic E-state index is 11.3. The number of nitrogens with zero attached hydrogens (tertiary/aromatic N) is 3. The zero-order chi connectivity index (χ0) is 17.4. The van der Waals surface area contributed by atoms with Crippen molar-refractivity contribution in [3.63, 3.8) is 0 Å². The molecule has 3 aromatic rings. The van der Waals surface area contributed by atoms with Gasteiger partial charge in [0.1, 0.15) is 6.04 Å². The SMILES string of the molecule is O=C(O)[C@@H]1C[C@@H](O)CN1Cc1cnn(-c2ccc3ccccc3c2)c1. The maximum atomic E-state index is 11.3. The first-order valence-corrected chi connectivity index (χ1v) is 8.28. The Morgan fingerprint density at radius 1 is 1.20 bits per heavy atom. The van der Waals surface area contributed by atoms with Crippen LogP contribution in [0.3, 0.4) is 0 Å². The molecule has 0 radical (unpaired) electrons. The number of fused-ring (bicyclic) bond motifs is 1. The summed E-state index contributed by atoms with van der Waals surface area (Å²) < 4.78 is 1.80. The number of β-amino-alcohol motifs (C(OH)–C–C–N with tert-alkyl or cyclic N) is 1. The van der Waals surface area contributed by atoms with E-state index in [1.807, 2.05) is 24.4 Å². The molecule has 25 heavy (non-hydrogen) atoms. The number of aliphatic hydroxyl groups excluding tert-OH is 1. The molecule has 1 aliphatic heterocycles. The van der Waals surface area contributed by atoms with Crippen LogP contribution in [0.25, 0.3) is 16.5 Å². The van der Waals surface area contributed by atoms with Crippen LogP contribution in [0.15, 0.2) is 54.9 Å². The Morgan fingerprint density at radius 2 is 2.00 bits per heavy atom. The van der Waals surface area contributed by atoms with E-state index in [2.05, 4.69) is 29.4 Å². The summed E-state index contributed by atoms with van der Waals surface area (Å²) in [6, 6.07) is 13.7. The van der Waals surface area contributed by atoms with Crippen LogP contribution in [-0.2, 0) is 11.3 Å². The zero-order valence-corrected chi connectivity index (χ0v) is 13.6. The van der Waals surface area contributed by atoms with Gasteiger partial charge >= 0.3 is 5.97 Å². The highest BCUT2D eigenvalue weighted by Gasteiger charge is 2.35. The van der Waals surface area contributed by atoms with Crippen LogP contribution in [0.4, 0.5) is 0 Å². The number of aromatic nitrogens is 2. The summed E-state index contributed by atoms with van der Waals surface area (Å²) in [4.78, 5) is 13.1. The molecule has 6 heteroatoms. The number of rotatable bonds is 4. The van der Waals surface area contributed by atoms with Gasteiger partial charge in [-0.2, -0.15) is 5.10 Å². The molecule has 0 unspecified atom stereocenters. The van der Waals surface area contributed by atoms with E-state index < -0.39 is 18.1 Å². The molecule has 1 aliphatic rings. The summed E-state index contributed by atoms with van der Waals surface area (Å²) >= 11 is 0. The molecule has 6 nitrogen and oxygen atoms in total. The van der Waals surface area contributed by atoms with Gasteiger partial charge in [-0.3, -0.25) is 9.69 Å². The average molecular weight is 337 g/mol. The summed E-state index contributed by atoms with van der Waals surface area (Å²) in [6.45, 7) is 0.833. The van der Waals surface area contributed by atoms with Gasteiger partial charge in [0.2, 0.25) is 0 Å². The molecule has 0 aliphatic carbocycles. The number of hydrogen-bond donors (Lipinski definition) is 2. The zero-order valence-electron chi connectivity index (χ0n) is 13.6. The molecule has 2 atom stereocenters. The minimum atomic E-state index is -0.890. The first kappa shape index (κ1) is 15.8. The monoisotopic (exact) mass is 337 g/mol. The van der Waals surface area contributed by atoms with Gasteiger partial charge in [-0.05, 0) is 22.9 Å². The largest absolute Gasteiger partial charge is 0.480 e. The fraction of sp³-hybridized carbons (Fsp3) is 0.263. The minimum Gasteiger partial charge on any atom is -0.480 e. The lowest BCUT2D eigenvalue weighted by molar-refractivity contribution is -0.142. The fourth-order valence-electron chi connectivity index (χ4n) is 3.45. The van der Waals surface area contributed by atoms with E-state index in [9.17, 15) is 15.0 Å². The number of hydrogen-bond acceptors (Lipinski definition) is 4. The number of aliphatic hydroxyl groups is 1. The standard InChI is InChI=1S/C19H19N3O3/c23-17-8-18(19(24)25)21(12-17)10-13-9-20-22(11-13)16-6-5-14-3-1-2-4-15(14)7-16/h1-7,9,11,17-18,23H,8,10,12H2,(H,24,25)/t17-,18+/m1/s1. The van der Waals surface area contributed by atoms with E-state index in [4.69, 9.17) is 0 Å². The third kappa shape index (κ3) is 3.14. The molecular weight excluding hydrogens is 318 g/mol. The fourth-order valence-corrected chi connectivity index (χ4v) is 3.45. The molecule has 128 valence electrons. The van der Waals surface area contributed by atoms with Crippen molar-refractivity contribution in [3.8, 4) is 5.69 Å². The van der Waals surface area contributed by atoms with Crippen molar-refractivity contribution >= 4 is 16.7 Å². The van der Waals surface area contributed by atoms with Crippen LogP contribution < -0.4 is 0 Å². The van der Waals surface area contributed by atoms with Gasteiger partial charge in [0.05, 0.1) is 18.0 Å². The number of carboxylic acids is 1. The number of carbonyl (C=O) groups is 1. The second-order valence-corrected chi connectivity index (χ2v) is 6.50. The Hall–Kier alpha value is -2.70.